The van der Waals surface area contributed by atoms with Crippen molar-refractivity contribution in [1.29, 1.82) is 0 Å². The van der Waals surface area contributed by atoms with Gasteiger partial charge in [0.05, 0.1) is 0 Å². The van der Waals surface area contributed by atoms with Crippen LogP contribution in [-0.2, 0) is 0 Å². The maximum absolute atomic E-state index is 6.43. The van der Waals surface area contributed by atoms with Crippen molar-refractivity contribution < 1.29 is 4.42 Å². The molecule has 0 unspecified atom stereocenters. The minimum atomic E-state index is -1.93. The first-order valence-electron chi connectivity index (χ1n) is 11.8. The Hall–Kier alpha value is -2.59. The van der Waals surface area contributed by atoms with Crippen LogP contribution in [-0.4, -0.2) is 18.3 Å². The average Bonchev–Trinajstić information content (AvgIpc) is 3.17. The zero-order chi connectivity index (χ0) is 22.5. The molecular formula is C29H31GeNO. The minimum absolute atomic E-state index is 0.538. The summed E-state index contributed by atoms with van der Waals surface area (Å²) in [7, 11) is 0. The number of pyridine rings is 1. The summed E-state index contributed by atoms with van der Waals surface area (Å²) in [5.41, 5.74) is 5.35. The second kappa shape index (κ2) is 8.08. The molecule has 5 aromatic rings. The molecule has 0 radical (unpaired) electrons. The van der Waals surface area contributed by atoms with Crippen LogP contribution in [0.2, 0.25) is 17.3 Å². The fourth-order valence-corrected chi connectivity index (χ4v) is 7.35. The SMILES string of the molecule is CCC(CC)c1cc(-c2nccc3c2oc2cc[c]([Ge]([CH3])([CH3])[CH3])cc23)cc2ccccc12. The van der Waals surface area contributed by atoms with Crippen molar-refractivity contribution in [2.75, 3.05) is 0 Å². The first-order valence-corrected chi connectivity index (χ1v) is 19.1. The van der Waals surface area contributed by atoms with Gasteiger partial charge < -0.3 is 0 Å². The fourth-order valence-electron chi connectivity index (χ4n) is 4.92. The quantitative estimate of drug-likeness (QED) is 0.236. The molecule has 0 saturated carbocycles. The van der Waals surface area contributed by atoms with E-state index in [-0.39, 0.29) is 0 Å². The summed E-state index contributed by atoms with van der Waals surface area (Å²) >= 11 is -1.93. The molecule has 0 saturated heterocycles. The van der Waals surface area contributed by atoms with Crippen molar-refractivity contribution in [2.24, 2.45) is 0 Å². The van der Waals surface area contributed by atoms with Crippen molar-refractivity contribution in [3.63, 3.8) is 0 Å². The molecule has 0 aliphatic rings. The standard InChI is InChI=1S/C29H31GeNO/c1-6-19(7-2)25-17-21(16-20-10-8-9-11-23(20)25)28-29-24(14-15-31-28)26-18-22(30(3,4)5)12-13-27(26)32-29/h8-19H,6-7H2,1-5H3. The van der Waals surface area contributed by atoms with Crippen molar-refractivity contribution in [2.45, 2.75) is 49.9 Å². The van der Waals surface area contributed by atoms with E-state index in [1.165, 1.54) is 26.1 Å². The topological polar surface area (TPSA) is 26.0 Å². The number of aromatic nitrogens is 1. The summed E-state index contributed by atoms with van der Waals surface area (Å²) in [5.74, 6) is 7.84. The predicted octanol–water partition coefficient (Wildman–Crippen LogP) is 8.25. The van der Waals surface area contributed by atoms with Gasteiger partial charge in [-0.15, -0.1) is 0 Å². The Balaban J connectivity index is 1.78. The van der Waals surface area contributed by atoms with Crippen LogP contribution in [0, 0.1) is 0 Å². The molecule has 0 fully saturated rings. The zero-order valence-electron chi connectivity index (χ0n) is 19.7. The summed E-state index contributed by atoms with van der Waals surface area (Å²) in [6.07, 6.45) is 4.20. The molecule has 0 aliphatic carbocycles. The van der Waals surface area contributed by atoms with Gasteiger partial charge in [0.15, 0.2) is 0 Å². The third-order valence-electron chi connectivity index (χ3n) is 6.84. The fraction of sp³-hybridized carbons (Fsp3) is 0.276. The molecule has 2 heterocycles. The summed E-state index contributed by atoms with van der Waals surface area (Å²) in [4.78, 5) is 4.82. The van der Waals surface area contributed by atoms with Crippen LogP contribution in [0.15, 0.2) is 71.3 Å². The average molecular weight is 482 g/mol. The Morgan fingerprint density at radius 1 is 0.844 bits per heavy atom. The number of hydrogen-bond donors (Lipinski definition) is 0. The number of fused-ring (bicyclic) bond motifs is 4. The summed E-state index contributed by atoms with van der Waals surface area (Å²) < 4.78 is 7.93. The number of furan rings is 1. The van der Waals surface area contributed by atoms with Gasteiger partial charge in [-0.3, -0.25) is 0 Å². The maximum atomic E-state index is 6.43. The van der Waals surface area contributed by atoms with Crippen molar-refractivity contribution in [3.05, 3.63) is 72.4 Å². The van der Waals surface area contributed by atoms with E-state index < -0.39 is 13.3 Å². The molecule has 2 aromatic heterocycles. The summed E-state index contributed by atoms with van der Waals surface area (Å²) in [6.45, 7) is 4.57. The predicted molar refractivity (Wildman–Crippen MR) is 141 cm³/mol. The first-order chi connectivity index (χ1) is 15.4. The molecule has 3 heteroatoms. The van der Waals surface area contributed by atoms with Gasteiger partial charge in [0.25, 0.3) is 0 Å². The van der Waals surface area contributed by atoms with E-state index in [0.29, 0.717) is 5.92 Å². The normalized spacial score (nSPS) is 12.4. The van der Waals surface area contributed by atoms with Gasteiger partial charge >= 0.3 is 193 Å². The summed E-state index contributed by atoms with van der Waals surface area (Å²) in [6, 6.07) is 22.2. The zero-order valence-corrected chi connectivity index (χ0v) is 21.8. The van der Waals surface area contributed by atoms with E-state index in [2.05, 4.69) is 91.8 Å². The molecule has 3 aromatic carbocycles. The van der Waals surface area contributed by atoms with Gasteiger partial charge in [-0.05, 0) is 0 Å². The molecule has 2 nitrogen and oxygen atoms in total. The van der Waals surface area contributed by atoms with E-state index in [9.17, 15) is 0 Å². The molecule has 32 heavy (non-hydrogen) atoms. The Kier molecular flexibility index (Phi) is 5.37. The molecule has 0 aliphatic heterocycles. The van der Waals surface area contributed by atoms with Gasteiger partial charge in [0.1, 0.15) is 0 Å². The molecular weight excluding hydrogens is 451 g/mol. The number of rotatable bonds is 5. The van der Waals surface area contributed by atoms with E-state index in [1.807, 2.05) is 6.20 Å². The first kappa shape index (κ1) is 21.3. The van der Waals surface area contributed by atoms with Gasteiger partial charge in [0.2, 0.25) is 0 Å². The molecule has 0 N–H and O–H groups in total. The molecule has 162 valence electrons. The van der Waals surface area contributed by atoms with Crippen molar-refractivity contribution >= 4 is 50.4 Å². The van der Waals surface area contributed by atoms with Crippen molar-refractivity contribution in [1.82, 2.24) is 4.98 Å². The second-order valence-corrected chi connectivity index (χ2v) is 20.6. The van der Waals surface area contributed by atoms with E-state index in [4.69, 9.17) is 9.40 Å². The van der Waals surface area contributed by atoms with Crippen LogP contribution in [0.25, 0.3) is 44.0 Å². The number of hydrogen-bond acceptors (Lipinski definition) is 2. The van der Waals surface area contributed by atoms with Crippen LogP contribution in [0.1, 0.15) is 38.2 Å². The number of benzene rings is 3. The van der Waals surface area contributed by atoms with Gasteiger partial charge in [-0.2, -0.15) is 0 Å². The Labute approximate surface area is 193 Å². The van der Waals surface area contributed by atoms with Gasteiger partial charge in [-0.25, -0.2) is 0 Å². The van der Waals surface area contributed by atoms with Crippen LogP contribution >= 0.6 is 0 Å². The monoisotopic (exact) mass is 483 g/mol. The van der Waals surface area contributed by atoms with Crippen LogP contribution in [0.4, 0.5) is 0 Å². The Morgan fingerprint density at radius 3 is 2.38 bits per heavy atom. The molecule has 0 spiro atoms. The second-order valence-electron chi connectivity index (χ2n) is 9.90. The molecule has 0 atom stereocenters. The van der Waals surface area contributed by atoms with Crippen LogP contribution in [0.3, 0.4) is 0 Å². The van der Waals surface area contributed by atoms with Crippen molar-refractivity contribution in [3.8, 4) is 11.3 Å². The number of nitrogens with zero attached hydrogens (tertiary/aromatic N) is 1. The molecule has 0 amide bonds. The van der Waals surface area contributed by atoms with Crippen LogP contribution < -0.4 is 4.40 Å². The van der Waals surface area contributed by atoms with Gasteiger partial charge in [-0.1, -0.05) is 0 Å². The van der Waals surface area contributed by atoms with Gasteiger partial charge in [0, 0.05) is 0 Å². The molecule has 5 rings (SSSR count). The van der Waals surface area contributed by atoms with Crippen LogP contribution in [0.5, 0.6) is 0 Å². The molecule has 0 bridgehead atoms. The summed E-state index contributed by atoms with van der Waals surface area (Å²) in [5, 5.41) is 4.99. The van der Waals surface area contributed by atoms with E-state index in [1.54, 1.807) is 0 Å². The third-order valence-corrected chi connectivity index (χ3v) is 11.1. The van der Waals surface area contributed by atoms with E-state index in [0.717, 1.165) is 40.7 Å². The van der Waals surface area contributed by atoms with E-state index >= 15 is 0 Å². The Bertz CT molecular complexity index is 1440. The third kappa shape index (κ3) is 3.55. The Morgan fingerprint density at radius 2 is 1.62 bits per heavy atom.